The van der Waals surface area contributed by atoms with Crippen LogP contribution < -0.4 is 10.1 Å². The minimum absolute atomic E-state index is 0.0804. The van der Waals surface area contributed by atoms with Crippen LogP contribution in [0, 0.1) is 0 Å². The number of nitrogens with one attached hydrogen (secondary N) is 1. The molecule has 2 aliphatic rings. The van der Waals surface area contributed by atoms with E-state index >= 15 is 0 Å². The lowest BCUT2D eigenvalue weighted by Gasteiger charge is -2.38. The smallest absolute Gasteiger partial charge is 0.322 e. The quantitative estimate of drug-likeness (QED) is 0.903. The number of morpholine rings is 1. The molecule has 1 N–H and O–H groups in total. The molecule has 25 heavy (non-hydrogen) atoms. The van der Waals surface area contributed by atoms with E-state index in [-0.39, 0.29) is 24.3 Å². The molecule has 3 heterocycles. The zero-order valence-corrected chi connectivity index (χ0v) is 15.3. The Balaban J connectivity index is 1.61. The van der Waals surface area contributed by atoms with Crippen LogP contribution in [-0.2, 0) is 4.74 Å². The lowest BCUT2D eigenvalue weighted by molar-refractivity contribution is -0.0712. The van der Waals surface area contributed by atoms with Crippen molar-refractivity contribution in [2.24, 2.45) is 0 Å². The van der Waals surface area contributed by atoms with Crippen LogP contribution in [0.2, 0.25) is 0 Å². The Labute approximate surface area is 149 Å². The minimum atomic E-state index is -0.0804. The van der Waals surface area contributed by atoms with Gasteiger partial charge in [0.15, 0.2) is 0 Å². The fourth-order valence-electron chi connectivity index (χ4n) is 3.86. The molecule has 138 valence electrons. The summed E-state index contributed by atoms with van der Waals surface area (Å²) in [5.74, 6) is 0.433. The third-order valence-electron chi connectivity index (χ3n) is 4.81. The summed E-state index contributed by atoms with van der Waals surface area (Å²) in [6, 6.07) is 3.75. The third-order valence-corrected chi connectivity index (χ3v) is 4.81. The van der Waals surface area contributed by atoms with Gasteiger partial charge in [-0.05, 0) is 38.8 Å². The zero-order valence-electron chi connectivity index (χ0n) is 15.3. The first-order valence-electron chi connectivity index (χ1n) is 9.01. The Morgan fingerprint density at radius 3 is 2.88 bits per heavy atom. The molecule has 0 aromatic carbocycles. The first kappa shape index (κ1) is 17.9. The number of anilines is 1. The van der Waals surface area contributed by atoms with Gasteiger partial charge in [-0.3, -0.25) is 4.90 Å². The van der Waals surface area contributed by atoms with Gasteiger partial charge >= 0.3 is 6.03 Å². The topological polar surface area (TPSA) is 66.9 Å². The van der Waals surface area contributed by atoms with Gasteiger partial charge in [0, 0.05) is 38.4 Å². The fourth-order valence-corrected chi connectivity index (χ4v) is 3.86. The normalized spacial score (nSPS) is 27.3. The van der Waals surface area contributed by atoms with Gasteiger partial charge in [0.25, 0.3) is 0 Å². The highest BCUT2D eigenvalue weighted by Gasteiger charge is 2.32. The average Bonchev–Trinajstić information content (AvgIpc) is 3.02. The van der Waals surface area contributed by atoms with Crippen molar-refractivity contribution in [3.63, 3.8) is 0 Å². The molecule has 7 heteroatoms. The summed E-state index contributed by atoms with van der Waals surface area (Å²) in [5, 5.41) is 2.94. The van der Waals surface area contributed by atoms with Crippen LogP contribution in [0.4, 0.5) is 10.5 Å². The van der Waals surface area contributed by atoms with Crippen LogP contribution in [0.5, 0.6) is 5.88 Å². The summed E-state index contributed by atoms with van der Waals surface area (Å²) in [6.07, 6.45) is 4.21. The van der Waals surface area contributed by atoms with E-state index < -0.39 is 0 Å². The van der Waals surface area contributed by atoms with E-state index in [9.17, 15) is 4.79 Å². The van der Waals surface area contributed by atoms with Crippen LogP contribution in [0.15, 0.2) is 18.3 Å². The van der Waals surface area contributed by atoms with Crippen LogP contribution in [0.3, 0.4) is 0 Å². The highest BCUT2D eigenvalue weighted by Crippen LogP contribution is 2.24. The highest BCUT2D eigenvalue weighted by molar-refractivity contribution is 5.90. The lowest BCUT2D eigenvalue weighted by atomic mass is 10.1. The van der Waals surface area contributed by atoms with Crippen LogP contribution >= 0.6 is 0 Å². The van der Waals surface area contributed by atoms with Crippen LogP contribution in [0.1, 0.15) is 26.7 Å². The predicted octanol–water partition coefficient (Wildman–Crippen LogP) is 2.20. The van der Waals surface area contributed by atoms with E-state index in [4.69, 9.17) is 9.47 Å². The van der Waals surface area contributed by atoms with Gasteiger partial charge in [-0.1, -0.05) is 0 Å². The van der Waals surface area contributed by atoms with Gasteiger partial charge in [0.2, 0.25) is 5.88 Å². The molecule has 2 amide bonds. The molecule has 1 aromatic rings. The van der Waals surface area contributed by atoms with E-state index in [0.717, 1.165) is 39.0 Å². The Bertz CT molecular complexity index is 587. The maximum absolute atomic E-state index is 12.8. The SMILES string of the molecule is COc1ncccc1NC(=O)N1CCC[C@@H]1CN1C[C@@H](C)O[C@H](C)C1. The number of amides is 2. The number of likely N-dealkylation sites (tertiary alicyclic amines) is 1. The van der Waals surface area contributed by atoms with E-state index in [1.807, 2.05) is 4.90 Å². The first-order chi connectivity index (χ1) is 12.1. The zero-order chi connectivity index (χ0) is 17.8. The Morgan fingerprint density at radius 1 is 1.40 bits per heavy atom. The van der Waals surface area contributed by atoms with Gasteiger partial charge in [0.1, 0.15) is 5.69 Å². The molecule has 3 atom stereocenters. The number of urea groups is 1. The maximum Gasteiger partial charge on any atom is 0.322 e. The molecule has 1 aromatic heterocycles. The number of carbonyl (C=O) groups excluding carboxylic acids is 1. The van der Waals surface area contributed by atoms with Crippen LogP contribution in [0.25, 0.3) is 0 Å². The van der Waals surface area contributed by atoms with Gasteiger partial charge in [-0.25, -0.2) is 9.78 Å². The monoisotopic (exact) mass is 348 g/mol. The number of methoxy groups -OCH3 is 1. The van der Waals surface area contributed by atoms with Gasteiger partial charge in [0.05, 0.1) is 19.3 Å². The van der Waals surface area contributed by atoms with Crippen molar-refractivity contribution in [1.82, 2.24) is 14.8 Å². The molecule has 7 nitrogen and oxygen atoms in total. The Hall–Kier alpha value is -1.86. The second-order valence-corrected chi connectivity index (χ2v) is 6.96. The van der Waals surface area contributed by atoms with Gasteiger partial charge in [-0.15, -0.1) is 0 Å². The summed E-state index contributed by atoms with van der Waals surface area (Å²) in [5.41, 5.74) is 0.606. The summed E-state index contributed by atoms with van der Waals surface area (Å²) >= 11 is 0. The molecule has 2 aliphatic heterocycles. The Kier molecular flexibility index (Phi) is 5.75. The van der Waals surface area contributed by atoms with Crippen molar-refractivity contribution in [3.05, 3.63) is 18.3 Å². The van der Waals surface area contributed by atoms with Crippen molar-refractivity contribution in [1.29, 1.82) is 0 Å². The van der Waals surface area contributed by atoms with Gasteiger partial charge < -0.3 is 19.7 Å². The Morgan fingerprint density at radius 2 is 2.16 bits per heavy atom. The predicted molar refractivity (Wildman–Crippen MR) is 96.0 cm³/mol. The molecule has 2 saturated heterocycles. The van der Waals surface area contributed by atoms with Crippen LogP contribution in [-0.4, -0.2) is 72.4 Å². The molecule has 0 radical (unpaired) electrons. The molecular weight excluding hydrogens is 320 g/mol. The van der Waals surface area contributed by atoms with Crippen molar-refractivity contribution in [2.45, 2.75) is 44.9 Å². The largest absolute Gasteiger partial charge is 0.480 e. The molecule has 0 saturated carbocycles. The molecule has 2 fully saturated rings. The number of rotatable bonds is 4. The second kappa shape index (κ2) is 8.01. The van der Waals surface area contributed by atoms with E-state index in [0.29, 0.717) is 11.6 Å². The summed E-state index contributed by atoms with van der Waals surface area (Å²) < 4.78 is 11.0. The third kappa shape index (κ3) is 4.41. The van der Waals surface area contributed by atoms with E-state index in [2.05, 4.69) is 29.0 Å². The lowest BCUT2D eigenvalue weighted by Crippen LogP contribution is -2.51. The number of ether oxygens (including phenoxy) is 2. The molecular formula is C18H28N4O3. The van der Waals surface area contributed by atoms with Gasteiger partial charge in [-0.2, -0.15) is 0 Å². The maximum atomic E-state index is 12.8. The summed E-state index contributed by atoms with van der Waals surface area (Å²) in [4.78, 5) is 21.2. The van der Waals surface area contributed by atoms with Crippen molar-refractivity contribution < 1.29 is 14.3 Å². The molecule has 0 unspecified atom stereocenters. The number of hydrogen-bond acceptors (Lipinski definition) is 5. The average molecular weight is 348 g/mol. The van der Waals surface area contributed by atoms with E-state index in [1.54, 1.807) is 25.4 Å². The number of carbonyl (C=O) groups is 1. The standard InChI is InChI=1S/C18H28N4O3/c1-13-10-21(11-14(2)25-13)12-15-6-5-9-22(15)18(23)20-16-7-4-8-19-17(16)24-3/h4,7-8,13-15H,5-6,9-12H2,1-3H3,(H,20,23)/t13-,14-,15-/m1/s1. The highest BCUT2D eigenvalue weighted by atomic mass is 16.5. The second-order valence-electron chi connectivity index (χ2n) is 6.96. The number of aromatic nitrogens is 1. The van der Waals surface area contributed by atoms with Crippen molar-refractivity contribution in [2.75, 3.05) is 38.6 Å². The van der Waals surface area contributed by atoms with E-state index in [1.165, 1.54) is 0 Å². The summed E-state index contributed by atoms with van der Waals surface area (Å²) in [6.45, 7) is 7.75. The molecule has 0 aliphatic carbocycles. The number of nitrogens with zero attached hydrogens (tertiary/aromatic N) is 3. The van der Waals surface area contributed by atoms with Crippen molar-refractivity contribution >= 4 is 11.7 Å². The molecule has 0 bridgehead atoms. The number of pyridine rings is 1. The fraction of sp³-hybridized carbons (Fsp3) is 0.667. The van der Waals surface area contributed by atoms with Crippen molar-refractivity contribution in [3.8, 4) is 5.88 Å². The molecule has 0 spiro atoms. The first-order valence-corrected chi connectivity index (χ1v) is 9.01. The minimum Gasteiger partial charge on any atom is -0.480 e. The summed E-state index contributed by atoms with van der Waals surface area (Å²) in [7, 11) is 1.55. The molecule has 3 rings (SSSR count). The number of hydrogen-bond donors (Lipinski definition) is 1.